The standard InChI is InChI=1S/C20H19FN2O4/c1-19(2,25)18-22-13-9-8-12(10-14(13)27-18)16-15(11-6-4-3-5-7-11)20(16,21)17(24)23-26/h3-10,15-16,25-26H,1-2H3,(H,23,24)/t15-,16-,20+/m1/s1. The summed E-state index contributed by atoms with van der Waals surface area (Å²) < 4.78 is 21.1. The number of carbonyl (C=O) groups is 1. The maximum Gasteiger partial charge on any atom is 0.282 e. The normalized spacial score (nSPS) is 24.8. The number of hydrogen-bond acceptors (Lipinski definition) is 5. The number of fused-ring (bicyclic) bond motifs is 1. The minimum Gasteiger partial charge on any atom is -0.438 e. The predicted molar refractivity (Wildman–Crippen MR) is 94.9 cm³/mol. The van der Waals surface area contributed by atoms with Crippen LogP contribution in [0.2, 0.25) is 0 Å². The number of carbonyl (C=O) groups excluding carboxylic acids is 1. The van der Waals surface area contributed by atoms with E-state index in [4.69, 9.17) is 9.62 Å². The van der Waals surface area contributed by atoms with Crippen LogP contribution in [0.1, 0.15) is 42.7 Å². The van der Waals surface area contributed by atoms with Crippen molar-refractivity contribution in [1.29, 1.82) is 0 Å². The molecule has 3 atom stereocenters. The number of aromatic nitrogens is 1. The SMILES string of the molecule is CC(C)(O)c1nc2ccc([C@@H]3[C@@H](c4ccccc4)[C@@]3(F)C(=O)NO)cc2o1. The van der Waals surface area contributed by atoms with Crippen LogP contribution < -0.4 is 5.48 Å². The summed E-state index contributed by atoms with van der Waals surface area (Å²) in [5, 5.41) is 19.1. The summed E-state index contributed by atoms with van der Waals surface area (Å²) in [5.41, 5.74) is 0.0960. The van der Waals surface area contributed by atoms with E-state index >= 15 is 4.39 Å². The molecule has 1 fully saturated rings. The lowest BCUT2D eigenvalue weighted by molar-refractivity contribution is -0.136. The highest BCUT2D eigenvalue weighted by Crippen LogP contribution is 2.66. The molecule has 6 nitrogen and oxygen atoms in total. The van der Waals surface area contributed by atoms with E-state index in [1.807, 2.05) is 6.07 Å². The van der Waals surface area contributed by atoms with Gasteiger partial charge in [-0.2, -0.15) is 0 Å². The van der Waals surface area contributed by atoms with Gasteiger partial charge in [-0.15, -0.1) is 0 Å². The first-order chi connectivity index (χ1) is 12.8. The summed E-state index contributed by atoms with van der Waals surface area (Å²) in [7, 11) is 0. The maximum atomic E-state index is 15.5. The number of amides is 1. The van der Waals surface area contributed by atoms with Gasteiger partial charge in [0, 0.05) is 11.8 Å². The van der Waals surface area contributed by atoms with Gasteiger partial charge < -0.3 is 9.52 Å². The molecule has 0 spiro atoms. The molecule has 7 heteroatoms. The summed E-state index contributed by atoms with van der Waals surface area (Å²) in [6.07, 6.45) is 0. The van der Waals surface area contributed by atoms with Crippen molar-refractivity contribution in [1.82, 2.24) is 10.5 Å². The Kier molecular flexibility index (Phi) is 3.83. The second-order valence-electron chi connectivity index (χ2n) is 7.38. The van der Waals surface area contributed by atoms with Gasteiger partial charge in [0.15, 0.2) is 5.58 Å². The fourth-order valence-corrected chi connectivity index (χ4v) is 3.65. The fraction of sp³-hybridized carbons (Fsp3) is 0.300. The number of nitrogens with one attached hydrogen (secondary N) is 1. The van der Waals surface area contributed by atoms with E-state index in [-0.39, 0.29) is 5.89 Å². The lowest BCUT2D eigenvalue weighted by Gasteiger charge is -2.10. The third-order valence-electron chi connectivity index (χ3n) is 5.03. The highest BCUT2D eigenvalue weighted by atomic mass is 19.1. The Balaban J connectivity index is 1.77. The van der Waals surface area contributed by atoms with Crippen molar-refractivity contribution in [3.8, 4) is 0 Å². The maximum absolute atomic E-state index is 15.5. The molecule has 1 aliphatic carbocycles. The molecule has 0 saturated heterocycles. The highest BCUT2D eigenvalue weighted by Gasteiger charge is 2.72. The van der Waals surface area contributed by atoms with Gasteiger partial charge in [0.25, 0.3) is 5.91 Å². The van der Waals surface area contributed by atoms with Crippen molar-refractivity contribution in [3.05, 3.63) is 65.5 Å². The number of oxazole rings is 1. The van der Waals surface area contributed by atoms with E-state index in [1.165, 1.54) is 5.48 Å². The average Bonchev–Trinajstić information content (AvgIpc) is 3.06. The summed E-state index contributed by atoms with van der Waals surface area (Å²) in [5.74, 6) is -2.41. The Bertz CT molecular complexity index is 1010. The lowest BCUT2D eigenvalue weighted by atomic mass is 10.0. The third-order valence-corrected chi connectivity index (χ3v) is 5.03. The predicted octanol–water partition coefficient (Wildman–Crippen LogP) is 3.15. The molecule has 1 heterocycles. The van der Waals surface area contributed by atoms with Gasteiger partial charge in [0.05, 0.1) is 0 Å². The molecule has 4 rings (SSSR count). The van der Waals surface area contributed by atoms with Crippen LogP contribution in [-0.2, 0) is 10.4 Å². The molecule has 1 saturated carbocycles. The average molecular weight is 370 g/mol. The van der Waals surface area contributed by atoms with E-state index in [9.17, 15) is 9.90 Å². The zero-order valence-electron chi connectivity index (χ0n) is 14.8. The van der Waals surface area contributed by atoms with Crippen LogP contribution in [0.25, 0.3) is 11.1 Å². The quantitative estimate of drug-likeness (QED) is 0.484. The van der Waals surface area contributed by atoms with E-state index < -0.39 is 29.0 Å². The fourth-order valence-electron chi connectivity index (χ4n) is 3.65. The molecule has 1 aromatic heterocycles. The molecule has 0 aliphatic heterocycles. The smallest absolute Gasteiger partial charge is 0.282 e. The molecule has 2 aromatic carbocycles. The molecule has 1 aliphatic rings. The Hall–Kier alpha value is -2.77. The molecular formula is C20H19FN2O4. The van der Waals surface area contributed by atoms with Gasteiger partial charge in [-0.1, -0.05) is 36.4 Å². The van der Waals surface area contributed by atoms with Crippen LogP contribution in [-0.4, -0.2) is 26.9 Å². The van der Waals surface area contributed by atoms with Crippen LogP contribution in [0.5, 0.6) is 0 Å². The number of alkyl halides is 1. The monoisotopic (exact) mass is 370 g/mol. The van der Waals surface area contributed by atoms with E-state index in [0.717, 1.165) is 0 Å². The summed E-state index contributed by atoms with van der Waals surface area (Å²) in [6, 6.07) is 13.9. The van der Waals surface area contributed by atoms with Gasteiger partial charge in [0.1, 0.15) is 11.1 Å². The minimum atomic E-state index is -2.26. The van der Waals surface area contributed by atoms with Gasteiger partial charge in [-0.3, -0.25) is 10.0 Å². The summed E-state index contributed by atoms with van der Waals surface area (Å²) in [6.45, 7) is 3.12. The number of halogens is 1. The Morgan fingerprint density at radius 2 is 1.85 bits per heavy atom. The summed E-state index contributed by atoms with van der Waals surface area (Å²) in [4.78, 5) is 16.3. The van der Waals surface area contributed by atoms with Crippen molar-refractivity contribution >= 4 is 17.0 Å². The molecular weight excluding hydrogens is 351 g/mol. The first-order valence-electron chi connectivity index (χ1n) is 8.58. The highest BCUT2D eigenvalue weighted by molar-refractivity contribution is 5.92. The van der Waals surface area contributed by atoms with Crippen molar-refractivity contribution in [2.75, 3.05) is 0 Å². The van der Waals surface area contributed by atoms with Crippen LogP contribution in [0.15, 0.2) is 52.9 Å². The van der Waals surface area contributed by atoms with E-state index in [0.29, 0.717) is 22.2 Å². The largest absolute Gasteiger partial charge is 0.438 e. The molecule has 3 N–H and O–H groups in total. The second-order valence-corrected chi connectivity index (χ2v) is 7.38. The lowest BCUT2D eigenvalue weighted by Crippen LogP contribution is -2.33. The molecule has 1 amide bonds. The number of hydroxylamine groups is 1. The molecule has 3 aromatic rings. The third kappa shape index (κ3) is 2.70. The minimum absolute atomic E-state index is 0.157. The molecule has 140 valence electrons. The molecule has 27 heavy (non-hydrogen) atoms. The van der Waals surface area contributed by atoms with Gasteiger partial charge in [-0.05, 0) is 37.1 Å². The van der Waals surface area contributed by atoms with Gasteiger partial charge >= 0.3 is 0 Å². The number of hydrogen-bond donors (Lipinski definition) is 3. The Morgan fingerprint density at radius 3 is 2.48 bits per heavy atom. The van der Waals surface area contributed by atoms with Gasteiger partial charge in [-0.25, -0.2) is 14.9 Å². The van der Waals surface area contributed by atoms with E-state index in [1.54, 1.807) is 56.3 Å². The Labute approximate surface area is 154 Å². The zero-order valence-corrected chi connectivity index (χ0v) is 14.8. The van der Waals surface area contributed by atoms with E-state index in [2.05, 4.69) is 4.98 Å². The second kappa shape index (κ2) is 5.87. The zero-order chi connectivity index (χ0) is 19.4. The molecule has 0 radical (unpaired) electrons. The number of rotatable bonds is 4. The number of benzene rings is 2. The van der Waals surface area contributed by atoms with Crippen LogP contribution in [0.3, 0.4) is 0 Å². The molecule has 0 bridgehead atoms. The van der Waals surface area contributed by atoms with Gasteiger partial charge in [0.2, 0.25) is 11.6 Å². The summed E-state index contributed by atoms with van der Waals surface area (Å²) >= 11 is 0. The van der Waals surface area contributed by atoms with Crippen molar-refractivity contribution < 1.29 is 23.9 Å². The first kappa shape index (κ1) is 17.6. The Morgan fingerprint density at radius 1 is 1.19 bits per heavy atom. The number of aliphatic hydroxyl groups is 1. The number of nitrogens with zero attached hydrogens (tertiary/aromatic N) is 1. The van der Waals surface area contributed by atoms with Crippen molar-refractivity contribution in [2.45, 2.75) is 37.0 Å². The van der Waals surface area contributed by atoms with Crippen LogP contribution in [0, 0.1) is 0 Å². The molecule has 0 unspecified atom stereocenters. The topological polar surface area (TPSA) is 95.6 Å². The van der Waals surface area contributed by atoms with Crippen molar-refractivity contribution in [3.63, 3.8) is 0 Å². The first-order valence-corrected chi connectivity index (χ1v) is 8.58. The van der Waals surface area contributed by atoms with Crippen LogP contribution >= 0.6 is 0 Å². The van der Waals surface area contributed by atoms with Crippen LogP contribution in [0.4, 0.5) is 4.39 Å². The van der Waals surface area contributed by atoms with Crippen molar-refractivity contribution in [2.24, 2.45) is 0 Å².